The topological polar surface area (TPSA) is 161 Å². The second-order valence-electron chi connectivity index (χ2n) is 8.20. The minimum atomic E-state index is -1.60. The summed E-state index contributed by atoms with van der Waals surface area (Å²) in [5, 5.41) is 23.5. The number of halogens is 2. The van der Waals surface area contributed by atoms with Crippen molar-refractivity contribution in [1.29, 1.82) is 0 Å². The van der Waals surface area contributed by atoms with Crippen molar-refractivity contribution in [2.75, 3.05) is 5.88 Å². The van der Waals surface area contributed by atoms with E-state index >= 15 is 0 Å². The van der Waals surface area contributed by atoms with E-state index in [1.807, 2.05) is 0 Å². The zero-order valence-electron chi connectivity index (χ0n) is 19.7. The second-order valence-corrected chi connectivity index (χ2v) is 8.58. The minimum absolute atomic E-state index is 0.0735. The van der Waals surface area contributed by atoms with Crippen LogP contribution >= 0.6 is 11.6 Å². The van der Waals surface area contributed by atoms with E-state index in [1.54, 1.807) is 0 Å². The van der Waals surface area contributed by atoms with E-state index in [9.17, 15) is 43.8 Å². The number of imide groups is 1. The molecule has 1 aliphatic rings. The predicted octanol–water partition coefficient (Wildman–Crippen LogP) is 4.18. The highest BCUT2D eigenvalue weighted by atomic mass is 35.5. The van der Waals surface area contributed by atoms with E-state index in [2.05, 4.69) is 0 Å². The van der Waals surface area contributed by atoms with Crippen molar-refractivity contribution in [3.8, 4) is 0 Å². The highest BCUT2D eigenvalue weighted by molar-refractivity contribution is 6.24. The van der Waals surface area contributed by atoms with Crippen molar-refractivity contribution in [2.24, 2.45) is 0 Å². The Morgan fingerprint density at radius 3 is 2.08 bits per heavy atom. The van der Waals surface area contributed by atoms with Gasteiger partial charge < -0.3 is 0 Å². The molecule has 0 aliphatic carbocycles. The summed E-state index contributed by atoms with van der Waals surface area (Å²) in [6.07, 6.45) is -0.286. The smallest absolute Gasteiger partial charge is 0.287 e. The molecule has 1 atom stereocenters. The standard InChI is InChI=1S/C25H16ClFN4O8/c26-13-12-20(22(32)14-4-8-16(27)9-5-14)28(23(33)15-6-10-17(11-7-15)30(36)37)29-24(34)18-2-1-3-19(31(38)39)21(18)25(29)35/h1-11,20H,12-13H2/t20-/m0/s1. The summed E-state index contributed by atoms with van der Waals surface area (Å²) in [4.78, 5) is 75.3. The number of rotatable bonds is 9. The number of carbonyl (C=O) groups excluding carboxylic acids is 4. The van der Waals surface area contributed by atoms with E-state index in [-0.39, 0.29) is 34.7 Å². The number of hydrogen-bond donors (Lipinski definition) is 0. The molecule has 0 bridgehead atoms. The molecule has 0 fully saturated rings. The van der Waals surface area contributed by atoms with Crippen LogP contribution in [-0.4, -0.2) is 55.3 Å². The molecule has 12 nitrogen and oxygen atoms in total. The molecule has 3 aromatic carbocycles. The van der Waals surface area contributed by atoms with Crippen LogP contribution in [0.2, 0.25) is 0 Å². The van der Waals surface area contributed by atoms with Crippen molar-refractivity contribution in [3.63, 3.8) is 0 Å². The summed E-state index contributed by atoms with van der Waals surface area (Å²) >= 11 is 5.94. The number of alkyl halides is 1. The number of Topliss-reactive ketones (excluding diaryl/α,β-unsaturated/α-hetero) is 1. The van der Waals surface area contributed by atoms with Crippen molar-refractivity contribution < 1.29 is 33.4 Å². The van der Waals surface area contributed by atoms with Crippen LogP contribution in [0.4, 0.5) is 15.8 Å². The van der Waals surface area contributed by atoms with E-state index in [0.29, 0.717) is 10.0 Å². The third kappa shape index (κ3) is 4.94. The number of fused-ring (bicyclic) bond motifs is 1. The van der Waals surface area contributed by atoms with Crippen molar-refractivity contribution >= 4 is 46.5 Å². The van der Waals surface area contributed by atoms with Crippen molar-refractivity contribution in [1.82, 2.24) is 10.0 Å². The molecule has 0 N–H and O–H groups in total. The number of amides is 3. The van der Waals surface area contributed by atoms with Crippen LogP contribution in [0.25, 0.3) is 0 Å². The number of nitrogens with zero attached hydrogens (tertiary/aromatic N) is 4. The Morgan fingerprint density at radius 1 is 0.897 bits per heavy atom. The lowest BCUT2D eigenvalue weighted by molar-refractivity contribution is -0.385. The normalized spacial score (nSPS) is 13.1. The number of hydrazine groups is 1. The quantitative estimate of drug-likeness (QED) is 0.125. The molecule has 4 rings (SSSR count). The van der Waals surface area contributed by atoms with Crippen LogP contribution in [0, 0.1) is 26.0 Å². The lowest BCUT2D eigenvalue weighted by Crippen LogP contribution is -2.57. The summed E-state index contributed by atoms with van der Waals surface area (Å²) in [7, 11) is 0. The van der Waals surface area contributed by atoms with Crippen LogP contribution in [-0.2, 0) is 0 Å². The maximum Gasteiger partial charge on any atom is 0.287 e. The fraction of sp³-hybridized carbons (Fsp3) is 0.120. The molecule has 3 aromatic rings. The molecule has 0 unspecified atom stereocenters. The lowest BCUT2D eigenvalue weighted by Gasteiger charge is -2.35. The van der Waals surface area contributed by atoms with Crippen LogP contribution in [0.5, 0.6) is 0 Å². The van der Waals surface area contributed by atoms with Gasteiger partial charge in [0.15, 0.2) is 5.78 Å². The van der Waals surface area contributed by atoms with Crippen LogP contribution in [0.1, 0.15) is 47.9 Å². The molecule has 0 spiro atoms. The SMILES string of the molecule is O=C(c1ccc(F)cc1)[C@H](CCCl)N(C(=O)c1ccc([N+](=O)[O-])cc1)N1C(=O)c2cccc([N+](=O)[O-])c2C1=O. The zero-order chi connectivity index (χ0) is 28.4. The predicted molar refractivity (Wildman–Crippen MR) is 133 cm³/mol. The van der Waals surface area contributed by atoms with Gasteiger partial charge in [-0.3, -0.25) is 39.4 Å². The van der Waals surface area contributed by atoms with Gasteiger partial charge >= 0.3 is 0 Å². The Hall–Kier alpha value is -5.04. The van der Waals surface area contributed by atoms with E-state index in [0.717, 1.165) is 60.7 Å². The number of nitro benzene ring substituents is 2. The molecule has 1 heterocycles. The molecule has 14 heteroatoms. The van der Waals surface area contributed by atoms with Gasteiger partial charge in [0.1, 0.15) is 17.4 Å². The number of non-ortho nitro benzene ring substituents is 1. The lowest BCUT2D eigenvalue weighted by atomic mass is 10.0. The van der Waals surface area contributed by atoms with Gasteiger partial charge in [-0.05, 0) is 48.9 Å². The number of ketones is 1. The van der Waals surface area contributed by atoms with Gasteiger partial charge in [0.25, 0.3) is 29.1 Å². The van der Waals surface area contributed by atoms with E-state index in [1.165, 1.54) is 6.07 Å². The average Bonchev–Trinajstić information content (AvgIpc) is 3.18. The molecule has 198 valence electrons. The monoisotopic (exact) mass is 554 g/mol. The molecular formula is C25H16ClFN4O8. The Morgan fingerprint density at radius 2 is 1.51 bits per heavy atom. The van der Waals surface area contributed by atoms with Gasteiger partial charge in [-0.25, -0.2) is 9.40 Å². The third-order valence-corrected chi connectivity index (χ3v) is 6.14. The first-order valence-electron chi connectivity index (χ1n) is 11.2. The summed E-state index contributed by atoms with van der Waals surface area (Å²) in [6, 6.07) is 10.2. The van der Waals surface area contributed by atoms with Crippen molar-refractivity contribution in [2.45, 2.75) is 12.5 Å². The van der Waals surface area contributed by atoms with Gasteiger partial charge in [0, 0.05) is 35.2 Å². The summed E-state index contributed by atoms with van der Waals surface area (Å²) in [6.45, 7) is 0. The Bertz CT molecular complexity index is 1530. The number of hydrogen-bond acceptors (Lipinski definition) is 8. The molecule has 1 aliphatic heterocycles. The molecule has 0 saturated heterocycles. The summed E-state index contributed by atoms with van der Waals surface area (Å²) in [5.41, 5.74) is -2.29. The average molecular weight is 555 g/mol. The Labute approximate surface area is 223 Å². The highest BCUT2D eigenvalue weighted by Gasteiger charge is 2.48. The van der Waals surface area contributed by atoms with E-state index in [4.69, 9.17) is 11.6 Å². The minimum Gasteiger partial charge on any atom is -0.292 e. The third-order valence-electron chi connectivity index (χ3n) is 5.93. The fourth-order valence-corrected chi connectivity index (χ4v) is 4.31. The largest absolute Gasteiger partial charge is 0.292 e. The first-order chi connectivity index (χ1) is 18.6. The van der Waals surface area contributed by atoms with Gasteiger partial charge in [0.2, 0.25) is 0 Å². The maximum absolute atomic E-state index is 13.8. The molecule has 39 heavy (non-hydrogen) atoms. The zero-order valence-corrected chi connectivity index (χ0v) is 20.4. The summed E-state index contributed by atoms with van der Waals surface area (Å²) < 4.78 is 13.5. The number of benzene rings is 3. The molecule has 3 amide bonds. The highest BCUT2D eigenvalue weighted by Crippen LogP contribution is 2.34. The first kappa shape index (κ1) is 27.0. The van der Waals surface area contributed by atoms with Crippen LogP contribution in [0.3, 0.4) is 0 Å². The van der Waals surface area contributed by atoms with Gasteiger partial charge in [-0.15, -0.1) is 11.6 Å². The van der Waals surface area contributed by atoms with Gasteiger partial charge in [0.05, 0.1) is 15.4 Å². The molecule has 0 radical (unpaired) electrons. The first-order valence-corrected chi connectivity index (χ1v) is 11.7. The molecular weight excluding hydrogens is 539 g/mol. The molecule has 0 aromatic heterocycles. The molecule has 0 saturated carbocycles. The second kappa shape index (κ2) is 10.8. The van der Waals surface area contributed by atoms with Crippen LogP contribution in [0.15, 0.2) is 66.7 Å². The fourth-order valence-electron chi connectivity index (χ4n) is 4.11. The maximum atomic E-state index is 13.8. The van der Waals surface area contributed by atoms with Gasteiger partial charge in [-0.2, -0.15) is 5.01 Å². The van der Waals surface area contributed by atoms with Crippen molar-refractivity contribution in [3.05, 3.63) is 115 Å². The number of carbonyl (C=O) groups is 4. The van der Waals surface area contributed by atoms with Gasteiger partial charge in [-0.1, -0.05) is 6.07 Å². The van der Waals surface area contributed by atoms with E-state index < -0.39 is 56.5 Å². The number of nitro groups is 2. The Kier molecular flexibility index (Phi) is 7.44. The van der Waals surface area contributed by atoms with Crippen LogP contribution < -0.4 is 0 Å². The summed E-state index contributed by atoms with van der Waals surface area (Å²) in [5.74, 6) is -5.12. The Balaban J connectivity index is 1.88.